The maximum absolute atomic E-state index is 14.1. The molecule has 0 bridgehead atoms. The van der Waals surface area contributed by atoms with Gasteiger partial charge in [0.1, 0.15) is 5.82 Å². The summed E-state index contributed by atoms with van der Waals surface area (Å²) in [5.41, 5.74) is 6.03. The number of halogens is 3. The van der Waals surface area contributed by atoms with Gasteiger partial charge in [-0.05, 0) is 29.7 Å². The Morgan fingerprint density at radius 2 is 1.81 bits per heavy atom. The van der Waals surface area contributed by atoms with Crippen LogP contribution < -0.4 is 5.73 Å². The first-order valence-corrected chi connectivity index (χ1v) is 7.28. The summed E-state index contributed by atoms with van der Waals surface area (Å²) in [5.74, 6) is -0.393. The van der Waals surface area contributed by atoms with Crippen LogP contribution in [0.15, 0.2) is 42.5 Å². The van der Waals surface area contributed by atoms with Gasteiger partial charge in [0.25, 0.3) is 0 Å². The van der Waals surface area contributed by atoms with Crippen LogP contribution in [0.3, 0.4) is 0 Å². The fourth-order valence-corrected chi connectivity index (χ4v) is 2.81. The predicted octanol–water partition coefficient (Wildman–Crippen LogP) is 3.56. The van der Waals surface area contributed by atoms with E-state index in [0.29, 0.717) is 22.0 Å². The molecule has 0 amide bonds. The molecule has 0 saturated heterocycles. The van der Waals surface area contributed by atoms with Crippen LogP contribution in [-0.2, 0) is 11.8 Å². The van der Waals surface area contributed by atoms with Gasteiger partial charge in [-0.15, -0.1) is 0 Å². The first-order chi connectivity index (χ1) is 10.0. The Bertz CT molecular complexity index is 629. The Morgan fingerprint density at radius 3 is 2.43 bits per heavy atom. The van der Waals surface area contributed by atoms with Gasteiger partial charge in [0, 0.05) is 12.0 Å². The Morgan fingerprint density at radius 1 is 1.10 bits per heavy atom. The fraction of sp³-hybridized carbons (Fsp3) is 0.250. The van der Waals surface area contributed by atoms with Gasteiger partial charge in [-0.3, -0.25) is 0 Å². The van der Waals surface area contributed by atoms with Crippen LogP contribution in [0, 0.1) is 5.82 Å². The molecule has 21 heavy (non-hydrogen) atoms. The highest BCUT2D eigenvalue weighted by molar-refractivity contribution is 6.42. The molecule has 2 aromatic carbocycles. The highest BCUT2D eigenvalue weighted by Crippen LogP contribution is 2.34. The Labute approximate surface area is 133 Å². The summed E-state index contributed by atoms with van der Waals surface area (Å²) in [6.07, 6.45) is 0.306. The van der Waals surface area contributed by atoms with E-state index in [9.17, 15) is 9.50 Å². The highest BCUT2D eigenvalue weighted by Gasteiger charge is 2.33. The lowest BCUT2D eigenvalue weighted by molar-refractivity contribution is 0.192. The molecule has 112 valence electrons. The summed E-state index contributed by atoms with van der Waals surface area (Å²) in [6.45, 7) is -0.194. The number of nitrogens with two attached hydrogens (primary N) is 1. The first-order valence-electron chi connectivity index (χ1n) is 6.53. The minimum atomic E-state index is -0.931. The van der Waals surface area contributed by atoms with Gasteiger partial charge in [-0.1, -0.05) is 53.5 Å². The van der Waals surface area contributed by atoms with E-state index in [4.69, 9.17) is 28.9 Å². The second kappa shape index (κ2) is 6.75. The molecule has 1 atom stereocenters. The fourth-order valence-electron chi connectivity index (χ4n) is 2.42. The molecule has 0 radical (unpaired) electrons. The second-order valence-electron chi connectivity index (χ2n) is 5.01. The molecule has 0 saturated carbocycles. The average Bonchev–Trinajstić information content (AvgIpc) is 2.50. The van der Waals surface area contributed by atoms with Crippen molar-refractivity contribution in [3.63, 3.8) is 0 Å². The van der Waals surface area contributed by atoms with Crippen molar-refractivity contribution in [1.82, 2.24) is 0 Å². The van der Waals surface area contributed by atoms with Crippen molar-refractivity contribution >= 4 is 23.2 Å². The molecule has 2 rings (SSSR count). The molecule has 0 spiro atoms. The quantitative estimate of drug-likeness (QED) is 0.881. The summed E-state index contributed by atoms with van der Waals surface area (Å²) in [5, 5.41) is 10.7. The van der Waals surface area contributed by atoms with Gasteiger partial charge in [0.05, 0.1) is 16.7 Å². The minimum Gasteiger partial charge on any atom is -0.395 e. The van der Waals surface area contributed by atoms with Gasteiger partial charge in [0.15, 0.2) is 0 Å². The van der Waals surface area contributed by atoms with Crippen molar-refractivity contribution in [2.24, 2.45) is 5.73 Å². The molecule has 5 heteroatoms. The molecule has 0 aromatic heterocycles. The Kier molecular flexibility index (Phi) is 5.22. The van der Waals surface area contributed by atoms with Crippen LogP contribution in [0.1, 0.15) is 11.1 Å². The van der Waals surface area contributed by atoms with Crippen LogP contribution in [0.4, 0.5) is 4.39 Å². The number of rotatable bonds is 5. The van der Waals surface area contributed by atoms with E-state index in [2.05, 4.69) is 0 Å². The van der Waals surface area contributed by atoms with E-state index in [-0.39, 0.29) is 13.2 Å². The summed E-state index contributed by atoms with van der Waals surface area (Å²) >= 11 is 12.2. The largest absolute Gasteiger partial charge is 0.395 e. The third-order valence-corrected chi connectivity index (χ3v) is 4.56. The lowest BCUT2D eigenvalue weighted by Gasteiger charge is -2.32. The van der Waals surface area contributed by atoms with Gasteiger partial charge in [-0.2, -0.15) is 0 Å². The molecule has 3 N–H and O–H groups in total. The Balaban J connectivity index is 2.49. The van der Waals surface area contributed by atoms with E-state index >= 15 is 0 Å². The lowest BCUT2D eigenvalue weighted by atomic mass is 9.76. The van der Waals surface area contributed by atoms with Crippen molar-refractivity contribution < 1.29 is 9.50 Å². The van der Waals surface area contributed by atoms with Crippen molar-refractivity contribution in [3.8, 4) is 0 Å². The van der Waals surface area contributed by atoms with E-state index in [1.807, 2.05) is 0 Å². The standard InChI is InChI=1S/C16H16Cl2FNO/c17-13-6-3-4-11(15(13)18)8-16(9-20,10-21)12-5-1-2-7-14(12)19/h1-7,21H,8-10,20H2. The summed E-state index contributed by atoms with van der Waals surface area (Å²) in [4.78, 5) is 0. The van der Waals surface area contributed by atoms with Crippen LogP contribution in [0.25, 0.3) is 0 Å². The average molecular weight is 328 g/mol. The predicted molar refractivity (Wildman–Crippen MR) is 84.4 cm³/mol. The maximum Gasteiger partial charge on any atom is 0.127 e. The van der Waals surface area contributed by atoms with Crippen LogP contribution in [0.2, 0.25) is 10.0 Å². The smallest absolute Gasteiger partial charge is 0.127 e. The first kappa shape index (κ1) is 16.2. The molecule has 1 unspecified atom stereocenters. The summed E-state index contributed by atoms with van der Waals surface area (Å²) in [7, 11) is 0. The van der Waals surface area contributed by atoms with Gasteiger partial charge in [-0.25, -0.2) is 4.39 Å². The second-order valence-corrected chi connectivity index (χ2v) is 5.80. The number of hydrogen-bond acceptors (Lipinski definition) is 2. The van der Waals surface area contributed by atoms with E-state index < -0.39 is 11.2 Å². The molecule has 0 heterocycles. The monoisotopic (exact) mass is 327 g/mol. The van der Waals surface area contributed by atoms with Crippen molar-refractivity contribution in [1.29, 1.82) is 0 Å². The molecule has 0 aliphatic rings. The molecular weight excluding hydrogens is 312 g/mol. The molecule has 2 aromatic rings. The van der Waals surface area contributed by atoms with Crippen molar-refractivity contribution in [2.45, 2.75) is 11.8 Å². The van der Waals surface area contributed by atoms with Gasteiger partial charge in [0.2, 0.25) is 0 Å². The van der Waals surface area contributed by atoms with E-state index in [1.165, 1.54) is 6.07 Å². The van der Waals surface area contributed by atoms with Gasteiger partial charge < -0.3 is 10.8 Å². The van der Waals surface area contributed by atoms with Crippen LogP contribution in [0.5, 0.6) is 0 Å². The summed E-state index contributed by atoms with van der Waals surface area (Å²) in [6, 6.07) is 11.6. The van der Waals surface area contributed by atoms with Crippen LogP contribution >= 0.6 is 23.2 Å². The number of aliphatic hydroxyl groups is 1. The highest BCUT2D eigenvalue weighted by atomic mass is 35.5. The third-order valence-electron chi connectivity index (χ3n) is 3.70. The zero-order chi connectivity index (χ0) is 15.5. The number of aliphatic hydroxyl groups excluding tert-OH is 1. The zero-order valence-electron chi connectivity index (χ0n) is 11.3. The lowest BCUT2D eigenvalue weighted by Crippen LogP contribution is -2.41. The molecule has 0 aliphatic heterocycles. The number of hydrogen-bond donors (Lipinski definition) is 2. The van der Waals surface area contributed by atoms with Crippen molar-refractivity contribution in [2.75, 3.05) is 13.2 Å². The topological polar surface area (TPSA) is 46.2 Å². The minimum absolute atomic E-state index is 0.0906. The molecule has 2 nitrogen and oxygen atoms in total. The van der Waals surface area contributed by atoms with Gasteiger partial charge >= 0.3 is 0 Å². The zero-order valence-corrected chi connectivity index (χ0v) is 12.8. The van der Waals surface area contributed by atoms with Crippen LogP contribution in [-0.4, -0.2) is 18.3 Å². The van der Waals surface area contributed by atoms with E-state index in [1.54, 1.807) is 36.4 Å². The molecule has 0 fully saturated rings. The maximum atomic E-state index is 14.1. The summed E-state index contributed by atoms with van der Waals surface area (Å²) < 4.78 is 14.1. The SMILES string of the molecule is NCC(CO)(Cc1cccc(Cl)c1Cl)c1ccccc1F. The Hall–Kier alpha value is -1.13. The normalized spacial score (nSPS) is 14.0. The number of benzene rings is 2. The van der Waals surface area contributed by atoms with Crippen molar-refractivity contribution in [3.05, 3.63) is 69.5 Å². The van der Waals surface area contributed by atoms with E-state index in [0.717, 1.165) is 5.56 Å². The molecule has 0 aliphatic carbocycles. The molecular formula is C16H16Cl2FNO. The third kappa shape index (κ3) is 3.22.